The summed E-state index contributed by atoms with van der Waals surface area (Å²) in [4.78, 5) is 20.9. The molecule has 0 amide bonds. The Morgan fingerprint density at radius 3 is 2.63 bits per heavy atom. The number of para-hydroxylation sites is 2. The molecule has 2 atom stereocenters. The van der Waals surface area contributed by atoms with Gasteiger partial charge >= 0.3 is 0 Å². The van der Waals surface area contributed by atoms with Crippen LogP contribution in [-0.4, -0.2) is 20.9 Å². The van der Waals surface area contributed by atoms with Gasteiger partial charge in [-0.1, -0.05) is 61.5 Å². The van der Waals surface area contributed by atoms with Crippen LogP contribution in [0.1, 0.15) is 75.1 Å². The van der Waals surface area contributed by atoms with E-state index in [9.17, 15) is 4.79 Å². The van der Waals surface area contributed by atoms with E-state index in [1.54, 1.807) is 0 Å². The maximum Gasteiger partial charge on any atom is 0.209 e. The van der Waals surface area contributed by atoms with Crippen molar-refractivity contribution in [2.75, 3.05) is 10.2 Å². The number of carbonyl (C=O) groups excluding carboxylic acids is 1. The smallest absolute Gasteiger partial charge is 0.209 e. The molecule has 192 valence electrons. The van der Waals surface area contributed by atoms with E-state index in [0.29, 0.717) is 12.3 Å². The van der Waals surface area contributed by atoms with Gasteiger partial charge < -0.3 is 10.2 Å². The van der Waals surface area contributed by atoms with Gasteiger partial charge in [0.15, 0.2) is 5.78 Å². The maximum atomic E-state index is 13.4. The van der Waals surface area contributed by atoms with Crippen molar-refractivity contribution in [3.63, 3.8) is 0 Å². The quantitative estimate of drug-likeness (QED) is 0.318. The van der Waals surface area contributed by atoms with E-state index in [1.165, 1.54) is 22.4 Å². The third-order valence-corrected chi connectivity index (χ3v) is 8.76. The minimum atomic E-state index is -0.170. The van der Waals surface area contributed by atoms with Gasteiger partial charge in [0.05, 0.1) is 17.1 Å². The number of allylic oxidation sites excluding steroid dienone is 2. The molecule has 1 N–H and O–H groups in total. The fourth-order valence-corrected chi connectivity index (χ4v) is 7.03. The number of aromatic nitrogens is 2. The first-order valence-electron chi connectivity index (χ1n) is 13.9. The summed E-state index contributed by atoms with van der Waals surface area (Å²) >= 11 is 0. The number of nitrogens with zero attached hydrogens (tertiary/aromatic N) is 3. The average Bonchev–Trinajstić information content (AvgIpc) is 3.28. The monoisotopic (exact) mass is 502 g/mol. The number of ketones is 1. The molecule has 5 nitrogen and oxygen atoms in total. The zero-order chi connectivity index (χ0) is 26.0. The topological polar surface area (TPSA) is 50.2 Å². The minimum Gasteiger partial charge on any atom is -0.362 e. The van der Waals surface area contributed by atoms with Gasteiger partial charge in [0.2, 0.25) is 5.95 Å². The predicted octanol–water partition coefficient (Wildman–Crippen LogP) is 7.35. The summed E-state index contributed by atoms with van der Waals surface area (Å²) in [5, 5.41) is 3.54. The van der Waals surface area contributed by atoms with Gasteiger partial charge in [0, 0.05) is 35.5 Å². The van der Waals surface area contributed by atoms with Crippen molar-refractivity contribution in [3.05, 3.63) is 101 Å². The standard InChI is InChI=1S/C33H34N4O/c1-21-19-33(2,3)36(20-22-10-5-4-6-11-22)27-17-16-23(18-24(21)27)31-30-26(13-9-15-29(30)38)35-32-34-25-12-7-8-14-28(25)37(31)32/h4-8,10-12,14,16-18,21,31H,9,13,15,19-20H2,1-3H3,(H,34,35)/t21-,31+/m1/s1. The molecule has 2 aliphatic heterocycles. The number of hydrogen-bond donors (Lipinski definition) is 1. The molecule has 0 spiro atoms. The molecule has 3 aromatic carbocycles. The molecule has 0 unspecified atom stereocenters. The average molecular weight is 503 g/mol. The van der Waals surface area contributed by atoms with Crippen molar-refractivity contribution in [2.24, 2.45) is 0 Å². The number of benzene rings is 3. The number of rotatable bonds is 3. The third kappa shape index (κ3) is 3.59. The lowest BCUT2D eigenvalue weighted by molar-refractivity contribution is -0.116. The van der Waals surface area contributed by atoms with Gasteiger partial charge in [-0.3, -0.25) is 9.36 Å². The normalized spacial score (nSPS) is 22.1. The molecule has 1 aliphatic carbocycles. The second-order valence-electron chi connectivity index (χ2n) is 11.8. The molecule has 0 bridgehead atoms. The Hall–Kier alpha value is -3.86. The Balaban J connectivity index is 1.39. The predicted molar refractivity (Wildman–Crippen MR) is 154 cm³/mol. The van der Waals surface area contributed by atoms with Crippen LogP contribution in [0.4, 0.5) is 11.6 Å². The van der Waals surface area contributed by atoms with Crippen LogP contribution >= 0.6 is 0 Å². The molecule has 3 heterocycles. The largest absolute Gasteiger partial charge is 0.362 e. The molecule has 0 fully saturated rings. The Morgan fingerprint density at radius 1 is 1.00 bits per heavy atom. The van der Waals surface area contributed by atoms with Crippen LogP contribution in [0.3, 0.4) is 0 Å². The molecule has 3 aliphatic rings. The molecular weight excluding hydrogens is 468 g/mol. The number of nitrogens with one attached hydrogen (secondary N) is 1. The van der Waals surface area contributed by atoms with Crippen molar-refractivity contribution in [3.8, 4) is 0 Å². The van der Waals surface area contributed by atoms with Crippen molar-refractivity contribution >= 4 is 28.5 Å². The first-order valence-corrected chi connectivity index (χ1v) is 13.9. The van der Waals surface area contributed by atoms with Crippen LogP contribution in [0.5, 0.6) is 0 Å². The number of anilines is 2. The fraction of sp³-hybridized carbons (Fsp3) is 0.333. The van der Waals surface area contributed by atoms with Crippen LogP contribution < -0.4 is 10.2 Å². The number of hydrogen-bond acceptors (Lipinski definition) is 4. The molecule has 1 aromatic heterocycles. The molecule has 5 heteroatoms. The zero-order valence-corrected chi connectivity index (χ0v) is 22.4. The van der Waals surface area contributed by atoms with E-state index >= 15 is 0 Å². The molecule has 0 radical (unpaired) electrons. The van der Waals surface area contributed by atoms with Crippen molar-refractivity contribution < 1.29 is 4.79 Å². The zero-order valence-electron chi connectivity index (χ0n) is 22.4. The summed E-state index contributed by atoms with van der Waals surface area (Å²) in [6, 6.07) is 25.8. The molecule has 38 heavy (non-hydrogen) atoms. The highest BCUT2D eigenvalue weighted by Gasteiger charge is 2.39. The van der Waals surface area contributed by atoms with Crippen LogP contribution in [0.2, 0.25) is 0 Å². The number of Topliss-reactive ketones (excluding diaryl/α,β-unsaturated/α-hetero) is 1. The number of fused-ring (bicyclic) bond motifs is 4. The third-order valence-electron chi connectivity index (χ3n) is 8.76. The maximum absolute atomic E-state index is 13.4. The SMILES string of the molecule is C[C@@H]1CC(C)(C)N(Cc2ccccc2)c2ccc([C@H]3C4=C(CCCC4=O)Nc4nc5ccccc5n43)cc21. The Bertz CT molecular complexity index is 1600. The van der Waals surface area contributed by atoms with Gasteiger partial charge in [-0.15, -0.1) is 0 Å². The minimum absolute atomic E-state index is 0.0429. The van der Waals surface area contributed by atoms with E-state index in [0.717, 1.165) is 54.1 Å². The summed E-state index contributed by atoms with van der Waals surface area (Å²) in [6.45, 7) is 7.95. The van der Waals surface area contributed by atoms with Gasteiger partial charge in [-0.2, -0.15) is 0 Å². The molecule has 4 aromatic rings. The van der Waals surface area contributed by atoms with E-state index in [1.807, 2.05) is 6.07 Å². The molecular formula is C33H34N4O. The van der Waals surface area contributed by atoms with Crippen molar-refractivity contribution in [1.82, 2.24) is 9.55 Å². The second kappa shape index (κ2) is 8.59. The van der Waals surface area contributed by atoms with E-state index in [2.05, 4.69) is 102 Å². The molecule has 0 saturated carbocycles. The van der Waals surface area contributed by atoms with Crippen LogP contribution in [-0.2, 0) is 11.3 Å². The second-order valence-corrected chi connectivity index (χ2v) is 11.8. The van der Waals surface area contributed by atoms with E-state index in [-0.39, 0.29) is 17.4 Å². The highest BCUT2D eigenvalue weighted by molar-refractivity contribution is 6.00. The fourth-order valence-electron chi connectivity index (χ4n) is 7.03. The molecule has 7 rings (SSSR count). The first kappa shape index (κ1) is 23.3. The summed E-state index contributed by atoms with van der Waals surface area (Å²) < 4.78 is 2.25. The Kier molecular flexibility index (Phi) is 5.26. The lowest BCUT2D eigenvalue weighted by Gasteiger charge is -2.48. The summed E-state index contributed by atoms with van der Waals surface area (Å²) in [7, 11) is 0. The van der Waals surface area contributed by atoms with E-state index < -0.39 is 0 Å². The molecule has 0 saturated heterocycles. The van der Waals surface area contributed by atoms with Crippen molar-refractivity contribution in [1.29, 1.82) is 0 Å². The first-order chi connectivity index (χ1) is 18.4. The summed E-state index contributed by atoms with van der Waals surface area (Å²) in [5.41, 5.74) is 9.17. The van der Waals surface area contributed by atoms with Gasteiger partial charge in [0.1, 0.15) is 0 Å². The van der Waals surface area contributed by atoms with Crippen molar-refractivity contribution in [2.45, 2.75) is 70.5 Å². The van der Waals surface area contributed by atoms with Gasteiger partial charge in [-0.05, 0) is 73.9 Å². The van der Waals surface area contributed by atoms with Crippen LogP contribution in [0.15, 0.2) is 84.1 Å². The van der Waals surface area contributed by atoms with Gasteiger partial charge in [-0.25, -0.2) is 4.98 Å². The Morgan fingerprint density at radius 2 is 1.79 bits per heavy atom. The number of imidazole rings is 1. The Labute approximate surface area is 224 Å². The summed E-state index contributed by atoms with van der Waals surface area (Å²) in [6.07, 6.45) is 3.47. The van der Waals surface area contributed by atoms with Crippen LogP contribution in [0, 0.1) is 0 Å². The lowest BCUT2D eigenvalue weighted by Crippen LogP contribution is -2.47. The van der Waals surface area contributed by atoms with Crippen LogP contribution in [0.25, 0.3) is 11.0 Å². The lowest BCUT2D eigenvalue weighted by atomic mass is 9.78. The highest BCUT2D eigenvalue weighted by Crippen LogP contribution is 2.48. The number of carbonyl (C=O) groups is 1. The summed E-state index contributed by atoms with van der Waals surface area (Å²) in [5.74, 6) is 1.51. The van der Waals surface area contributed by atoms with E-state index in [4.69, 9.17) is 4.98 Å². The highest BCUT2D eigenvalue weighted by atomic mass is 16.1. The van der Waals surface area contributed by atoms with Gasteiger partial charge in [0.25, 0.3) is 0 Å².